The number of oxazole rings is 1. The number of ether oxygens (including phenoxy) is 1. The number of hydrogen-bond donors (Lipinski definition) is 1. The summed E-state index contributed by atoms with van der Waals surface area (Å²) in [7, 11) is 0. The number of rotatable bonds is 9. The first-order chi connectivity index (χ1) is 19.4. The average Bonchev–Trinajstić information content (AvgIpc) is 3.45. The van der Waals surface area contributed by atoms with Gasteiger partial charge in [0.1, 0.15) is 17.8 Å². The first-order valence-electron chi connectivity index (χ1n) is 13.3. The van der Waals surface area contributed by atoms with Gasteiger partial charge >= 0.3 is 0 Å². The van der Waals surface area contributed by atoms with E-state index in [0.717, 1.165) is 22.4 Å². The minimum absolute atomic E-state index is 0.0237. The predicted octanol–water partition coefficient (Wildman–Crippen LogP) is 4.89. The van der Waals surface area contributed by atoms with E-state index in [4.69, 9.17) is 9.15 Å². The fourth-order valence-electron chi connectivity index (χ4n) is 4.82. The van der Waals surface area contributed by atoms with E-state index in [0.29, 0.717) is 31.7 Å². The van der Waals surface area contributed by atoms with E-state index in [9.17, 15) is 14.0 Å². The molecular formula is C31H31FN4O4. The summed E-state index contributed by atoms with van der Waals surface area (Å²) in [6.45, 7) is 4.79. The lowest BCUT2D eigenvalue weighted by molar-refractivity contribution is -0.136. The molecule has 1 unspecified atom stereocenters. The standard InChI is InChI=1S/C31H31FN4O4/c1-20(2)31(38)36-16-13-21-8-11-25(17-26(21)29(36)22-6-9-23(32)10-7-22)39-19-28-35-27(18-40-28)30(37)34-15-12-24-5-3-4-14-33-24/h3-11,14,17-18,20,29H,12-13,15-16,19H2,1-2H3,(H,34,37). The largest absolute Gasteiger partial charge is 0.484 e. The first-order valence-corrected chi connectivity index (χ1v) is 13.3. The molecular weight excluding hydrogens is 511 g/mol. The van der Waals surface area contributed by atoms with Gasteiger partial charge in [0, 0.05) is 37.3 Å². The Morgan fingerprint density at radius 3 is 2.73 bits per heavy atom. The van der Waals surface area contributed by atoms with Crippen molar-refractivity contribution in [3.63, 3.8) is 0 Å². The summed E-state index contributed by atoms with van der Waals surface area (Å²) >= 11 is 0. The summed E-state index contributed by atoms with van der Waals surface area (Å²) in [6.07, 6.45) is 4.34. The minimum atomic E-state index is -0.356. The van der Waals surface area contributed by atoms with E-state index in [-0.39, 0.29) is 47.8 Å². The topological polar surface area (TPSA) is 97.6 Å². The van der Waals surface area contributed by atoms with E-state index in [1.165, 1.54) is 18.4 Å². The van der Waals surface area contributed by atoms with Crippen molar-refractivity contribution in [1.29, 1.82) is 0 Å². The second-order valence-corrected chi connectivity index (χ2v) is 9.99. The molecule has 0 aliphatic carbocycles. The lowest BCUT2D eigenvalue weighted by Crippen LogP contribution is -2.42. The molecule has 206 valence electrons. The van der Waals surface area contributed by atoms with Gasteiger partial charge in [-0.05, 0) is 59.5 Å². The maximum absolute atomic E-state index is 13.7. The fourth-order valence-corrected chi connectivity index (χ4v) is 4.82. The molecule has 4 aromatic rings. The summed E-state index contributed by atoms with van der Waals surface area (Å²) in [5.74, 6) is 0.0402. The third-order valence-electron chi connectivity index (χ3n) is 6.85. The minimum Gasteiger partial charge on any atom is -0.484 e. The van der Waals surface area contributed by atoms with Crippen LogP contribution in [-0.4, -0.2) is 39.8 Å². The van der Waals surface area contributed by atoms with Crippen LogP contribution in [0.25, 0.3) is 0 Å². The molecule has 1 atom stereocenters. The zero-order chi connectivity index (χ0) is 28.1. The molecule has 8 nitrogen and oxygen atoms in total. The molecule has 5 rings (SSSR count). The molecule has 0 fully saturated rings. The molecule has 1 aliphatic rings. The molecule has 9 heteroatoms. The summed E-state index contributed by atoms with van der Waals surface area (Å²) in [6, 6.07) is 17.3. The van der Waals surface area contributed by atoms with Gasteiger partial charge < -0.3 is 19.4 Å². The number of aromatic nitrogens is 2. The number of fused-ring (bicyclic) bond motifs is 1. The second-order valence-electron chi connectivity index (χ2n) is 9.99. The summed E-state index contributed by atoms with van der Waals surface area (Å²) < 4.78 is 25.1. The van der Waals surface area contributed by atoms with Crippen molar-refractivity contribution in [1.82, 2.24) is 20.2 Å². The summed E-state index contributed by atoms with van der Waals surface area (Å²) in [5.41, 5.74) is 3.93. The Kier molecular flexibility index (Phi) is 8.19. The first kappa shape index (κ1) is 27.1. The van der Waals surface area contributed by atoms with Crippen LogP contribution in [-0.2, 0) is 24.2 Å². The van der Waals surface area contributed by atoms with Crippen LogP contribution in [0.4, 0.5) is 4.39 Å². The lowest BCUT2D eigenvalue weighted by Gasteiger charge is -2.39. The highest BCUT2D eigenvalue weighted by Gasteiger charge is 2.33. The van der Waals surface area contributed by atoms with Crippen molar-refractivity contribution in [2.24, 2.45) is 5.92 Å². The number of carbonyl (C=O) groups excluding carboxylic acids is 2. The Morgan fingerprint density at radius 1 is 1.15 bits per heavy atom. The van der Waals surface area contributed by atoms with Crippen LogP contribution in [0.5, 0.6) is 5.75 Å². The van der Waals surface area contributed by atoms with Crippen LogP contribution in [0, 0.1) is 11.7 Å². The predicted molar refractivity (Wildman–Crippen MR) is 146 cm³/mol. The van der Waals surface area contributed by atoms with E-state index in [1.54, 1.807) is 18.3 Å². The molecule has 0 bridgehead atoms. The van der Waals surface area contributed by atoms with Gasteiger partial charge in [-0.15, -0.1) is 0 Å². The number of amides is 2. The highest BCUT2D eigenvalue weighted by molar-refractivity contribution is 5.91. The molecule has 1 N–H and O–H groups in total. The van der Waals surface area contributed by atoms with Gasteiger partial charge in [-0.3, -0.25) is 14.6 Å². The van der Waals surface area contributed by atoms with Crippen molar-refractivity contribution in [3.05, 3.63) is 113 Å². The number of nitrogens with one attached hydrogen (secondary N) is 1. The van der Waals surface area contributed by atoms with E-state index in [2.05, 4.69) is 15.3 Å². The van der Waals surface area contributed by atoms with Gasteiger partial charge in [0.05, 0.1) is 6.04 Å². The van der Waals surface area contributed by atoms with Crippen molar-refractivity contribution < 1.29 is 23.1 Å². The van der Waals surface area contributed by atoms with Crippen molar-refractivity contribution >= 4 is 11.8 Å². The molecule has 0 spiro atoms. The van der Waals surface area contributed by atoms with Crippen LogP contribution in [0.3, 0.4) is 0 Å². The van der Waals surface area contributed by atoms with Gasteiger partial charge in [-0.2, -0.15) is 0 Å². The van der Waals surface area contributed by atoms with Crippen LogP contribution < -0.4 is 10.1 Å². The fraction of sp³-hybridized carbons (Fsp3) is 0.290. The summed E-state index contributed by atoms with van der Waals surface area (Å²) in [5, 5.41) is 2.82. The monoisotopic (exact) mass is 542 g/mol. The maximum atomic E-state index is 13.7. The van der Waals surface area contributed by atoms with E-state index in [1.807, 2.05) is 55.1 Å². The molecule has 0 saturated carbocycles. The molecule has 0 radical (unpaired) electrons. The van der Waals surface area contributed by atoms with Crippen LogP contribution >= 0.6 is 0 Å². The molecule has 2 aromatic carbocycles. The number of nitrogens with zero attached hydrogens (tertiary/aromatic N) is 3. The molecule has 2 amide bonds. The second kappa shape index (κ2) is 12.1. The molecule has 0 saturated heterocycles. The Bertz CT molecular complexity index is 1470. The lowest BCUT2D eigenvalue weighted by atomic mass is 9.87. The van der Waals surface area contributed by atoms with E-state index >= 15 is 0 Å². The number of carbonyl (C=O) groups is 2. The van der Waals surface area contributed by atoms with Gasteiger partial charge in [-0.1, -0.05) is 38.1 Å². The Labute approximate surface area is 232 Å². The summed E-state index contributed by atoms with van der Waals surface area (Å²) in [4.78, 5) is 35.9. The third kappa shape index (κ3) is 6.20. The SMILES string of the molecule is CC(C)C(=O)N1CCc2ccc(OCc3nc(C(=O)NCCc4ccccn4)co3)cc2C1c1ccc(F)cc1. The van der Waals surface area contributed by atoms with Crippen molar-refractivity contribution in [3.8, 4) is 5.75 Å². The van der Waals surface area contributed by atoms with E-state index < -0.39 is 0 Å². The third-order valence-corrected chi connectivity index (χ3v) is 6.85. The number of hydrogen-bond acceptors (Lipinski definition) is 6. The zero-order valence-electron chi connectivity index (χ0n) is 22.5. The Balaban J connectivity index is 1.27. The number of halogens is 1. The molecule has 2 aromatic heterocycles. The smallest absolute Gasteiger partial charge is 0.273 e. The highest BCUT2D eigenvalue weighted by Crippen LogP contribution is 2.38. The Hall–Kier alpha value is -4.53. The Morgan fingerprint density at radius 2 is 1.98 bits per heavy atom. The highest BCUT2D eigenvalue weighted by atomic mass is 19.1. The van der Waals surface area contributed by atoms with Gasteiger partial charge in [-0.25, -0.2) is 9.37 Å². The normalized spacial score (nSPS) is 14.6. The van der Waals surface area contributed by atoms with Gasteiger partial charge in [0.15, 0.2) is 12.3 Å². The molecule has 3 heterocycles. The van der Waals surface area contributed by atoms with Gasteiger partial charge in [0.2, 0.25) is 11.8 Å². The van der Waals surface area contributed by atoms with Crippen LogP contribution in [0.15, 0.2) is 77.5 Å². The molecule has 40 heavy (non-hydrogen) atoms. The quantitative estimate of drug-likeness (QED) is 0.324. The van der Waals surface area contributed by atoms with Gasteiger partial charge in [0.25, 0.3) is 5.91 Å². The van der Waals surface area contributed by atoms with Crippen LogP contribution in [0.1, 0.15) is 58.7 Å². The average molecular weight is 543 g/mol. The zero-order valence-corrected chi connectivity index (χ0v) is 22.5. The molecule has 1 aliphatic heterocycles. The number of pyridine rings is 1. The van der Waals surface area contributed by atoms with Crippen molar-refractivity contribution in [2.75, 3.05) is 13.1 Å². The maximum Gasteiger partial charge on any atom is 0.273 e. The van der Waals surface area contributed by atoms with Crippen molar-refractivity contribution in [2.45, 2.75) is 39.3 Å². The van der Waals surface area contributed by atoms with Crippen LogP contribution in [0.2, 0.25) is 0 Å². The number of benzene rings is 2.